The van der Waals surface area contributed by atoms with Gasteiger partial charge in [-0.25, -0.2) is 9.19 Å². The van der Waals surface area contributed by atoms with Crippen LogP contribution in [0.5, 0.6) is 17.2 Å². The minimum atomic E-state index is -2.99. The van der Waals surface area contributed by atoms with E-state index >= 15 is 0 Å². The van der Waals surface area contributed by atoms with Gasteiger partial charge in [0.2, 0.25) is 5.16 Å². The molecule has 0 aliphatic rings. The first kappa shape index (κ1) is 20.2. The molecule has 0 aliphatic carbocycles. The van der Waals surface area contributed by atoms with Gasteiger partial charge in [0, 0.05) is 12.1 Å². The molecule has 0 bridgehead atoms. The number of ether oxygens (including phenoxy) is 3. The molecule has 3 aromatic rings. The molecule has 0 fully saturated rings. The van der Waals surface area contributed by atoms with Crippen molar-refractivity contribution in [2.75, 3.05) is 14.2 Å². The number of hydrogen-bond acceptors (Lipinski definition) is 7. The summed E-state index contributed by atoms with van der Waals surface area (Å²) in [6, 6.07) is 5.22. The number of halogens is 3. The molecule has 0 amide bonds. The van der Waals surface area contributed by atoms with Gasteiger partial charge in [-0.05, 0) is 12.1 Å². The second-order valence-corrected chi connectivity index (χ2v) is 7.64. The summed E-state index contributed by atoms with van der Waals surface area (Å²) >= 11 is 6.11. The molecule has 1 aromatic carbocycles. The standard InChI is InChI=1S/C16H14ClF2N3O5S/c1-25-11-6-13(20-7-12(11)26-2)16(17,23)28(24)15-21-9-4-3-8(27-14(18)19)5-10(9)22-15/h3-7,14,23H,1-2H3,(H,21,22). The van der Waals surface area contributed by atoms with Gasteiger partial charge in [-0.1, -0.05) is 11.6 Å². The Balaban J connectivity index is 1.95. The highest BCUT2D eigenvalue weighted by Gasteiger charge is 2.39. The Hall–Kier alpha value is -2.50. The number of hydrogen-bond donors (Lipinski definition) is 2. The summed E-state index contributed by atoms with van der Waals surface area (Å²) in [5.74, 6) is 0.410. The lowest BCUT2D eigenvalue weighted by Crippen LogP contribution is -2.26. The van der Waals surface area contributed by atoms with E-state index in [0.717, 1.165) is 0 Å². The predicted molar refractivity (Wildman–Crippen MR) is 96.2 cm³/mol. The Bertz CT molecular complexity index is 1030. The first-order valence-corrected chi connectivity index (χ1v) is 9.15. The third-order valence-corrected chi connectivity index (χ3v) is 5.52. The number of aromatic nitrogens is 3. The Labute approximate surface area is 164 Å². The highest BCUT2D eigenvalue weighted by Crippen LogP contribution is 2.36. The molecule has 8 nitrogen and oxygen atoms in total. The third kappa shape index (κ3) is 3.86. The Morgan fingerprint density at radius 3 is 2.61 bits per heavy atom. The van der Waals surface area contributed by atoms with Gasteiger partial charge in [-0.2, -0.15) is 8.78 Å². The summed E-state index contributed by atoms with van der Waals surface area (Å²) in [6.45, 7) is -2.99. The second-order valence-electron chi connectivity index (χ2n) is 5.35. The van der Waals surface area contributed by atoms with Gasteiger partial charge < -0.3 is 24.3 Å². The predicted octanol–water partition coefficient (Wildman–Crippen LogP) is 2.73. The smallest absolute Gasteiger partial charge is 0.387 e. The maximum absolute atomic E-state index is 12.8. The number of nitrogens with one attached hydrogen (secondary N) is 1. The van der Waals surface area contributed by atoms with E-state index < -0.39 is 21.8 Å². The van der Waals surface area contributed by atoms with Crippen molar-refractivity contribution in [3.8, 4) is 17.2 Å². The number of nitrogens with zero attached hydrogens (tertiary/aromatic N) is 2. The van der Waals surface area contributed by atoms with Gasteiger partial charge in [-0.15, -0.1) is 0 Å². The lowest BCUT2D eigenvalue weighted by molar-refractivity contribution is -0.0497. The van der Waals surface area contributed by atoms with Crippen molar-refractivity contribution in [2.45, 2.75) is 16.2 Å². The second kappa shape index (κ2) is 7.86. The van der Waals surface area contributed by atoms with Gasteiger partial charge >= 0.3 is 6.61 Å². The Kier molecular flexibility index (Phi) is 5.68. The number of pyridine rings is 1. The zero-order valence-electron chi connectivity index (χ0n) is 14.5. The summed E-state index contributed by atoms with van der Waals surface area (Å²) in [5.41, 5.74) is 0.430. The molecule has 2 heterocycles. The molecule has 2 aromatic heterocycles. The molecule has 0 saturated carbocycles. The molecule has 150 valence electrons. The topological polar surface area (TPSA) is 107 Å². The van der Waals surface area contributed by atoms with Crippen LogP contribution in [-0.4, -0.2) is 45.1 Å². The van der Waals surface area contributed by atoms with Crippen molar-refractivity contribution in [3.05, 3.63) is 36.2 Å². The average Bonchev–Trinajstić information content (AvgIpc) is 3.09. The number of aromatic amines is 1. The lowest BCUT2D eigenvalue weighted by Gasteiger charge is -2.19. The van der Waals surface area contributed by atoms with E-state index in [0.29, 0.717) is 11.3 Å². The van der Waals surface area contributed by atoms with Gasteiger partial charge in [0.25, 0.3) is 4.39 Å². The monoisotopic (exact) mass is 433 g/mol. The van der Waals surface area contributed by atoms with Crippen molar-refractivity contribution < 1.29 is 32.3 Å². The fourth-order valence-corrected chi connectivity index (χ4v) is 3.62. The highest BCUT2D eigenvalue weighted by atomic mass is 35.5. The van der Waals surface area contributed by atoms with Crippen LogP contribution in [0.2, 0.25) is 0 Å². The van der Waals surface area contributed by atoms with Crippen molar-refractivity contribution in [1.82, 2.24) is 15.0 Å². The molecule has 2 N–H and O–H groups in total. The van der Waals surface area contributed by atoms with E-state index in [1.54, 1.807) is 0 Å². The van der Waals surface area contributed by atoms with E-state index in [4.69, 9.17) is 21.1 Å². The number of H-pyrrole nitrogens is 1. The number of imidazole rings is 1. The van der Waals surface area contributed by atoms with Crippen LogP contribution in [0.4, 0.5) is 8.78 Å². The molecule has 3 rings (SSSR count). The fourth-order valence-electron chi connectivity index (χ4n) is 2.36. The van der Waals surface area contributed by atoms with Crippen LogP contribution in [0.25, 0.3) is 11.0 Å². The average molecular weight is 434 g/mol. The van der Waals surface area contributed by atoms with Gasteiger partial charge in [-0.3, -0.25) is 4.98 Å². The zero-order chi connectivity index (χ0) is 20.5. The molecular weight excluding hydrogens is 420 g/mol. The van der Waals surface area contributed by atoms with Gasteiger partial charge in [0.1, 0.15) is 22.2 Å². The number of rotatable bonds is 7. The van der Waals surface area contributed by atoms with Crippen LogP contribution in [-0.2, 0) is 15.2 Å². The summed E-state index contributed by atoms with van der Waals surface area (Å²) in [6.07, 6.45) is 1.26. The van der Waals surface area contributed by atoms with Gasteiger partial charge in [0.15, 0.2) is 11.5 Å². The first-order valence-electron chi connectivity index (χ1n) is 7.62. The van der Waals surface area contributed by atoms with Crippen molar-refractivity contribution in [1.29, 1.82) is 0 Å². The van der Waals surface area contributed by atoms with Crippen molar-refractivity contribution >= 4 is 33.4 Å². The normalized spacial score (nSPS) is 14.7. The number of fused-ring (bicyclic) bond motifs is 1. The molecule has 0 saturated heterocycles. The fraction of sp³-hybridized carbons (Fsp3) is 0.250. The number of benzene rings is 1. The molecule has 28 heavy (non-hydrogen) atoms. The lowest BCUT2D eigenvalue weighted by atomic mass is 10.3. The van der Waals surface area contributed by atoms with Crippen LogP contribution in [0.3, 0.4) is 0 Å². The molecule has 0 aliphatic heterocycles. The van der Waals surface area contributed by atoms with Crippen LogP contribution in [0, 0.1) is 0 Å². The van der Waals surface area contributed by atoms with E-state index in [1.807, 2.05) is 0 Å². The molecule has 2 unspecified atom stereocenters. The summed E-state index contributed by atoms with van der Waals surface area (Å²) in [4.78, 5) is 10.7. The first-order chi connectivity index (χ1) is 13.3. The zero-order valence-corrected chi connectivity index (χ0v) is 16.1. The quantitative estimate of drug-likeness (QED) is 0.552. The maximum atomic E-state index is 12.8. The van der Waals surface area contributed by atoms with Gasteiger partial charge in [0.05, 0.1) is 31.4 Å². The summed E-state index contributed by atoms with van der Waals surface area (Å²) < 4.78 is 49.5. The minimum Gasteiger partial charge on any atom is -0.493 e. The maximum Gasteiger partial charge on any atom is 0.387 e. The Morgan fingerprint density at radius 2 is 1.96 bits per heavy atom. The highest BCUT2D eigenvalue weighted by molar-refractivity contribution is 7.87. The van der Waals surface area contributed by atoms with Crippen molar-refractivity contribution in [2.24, 2.45) is 0 Å². The largest absolute Gasteiger partial charge is 0.493 e. The summed E-state index contributed by atoms with van der Waals surface area (Å²) in [5, 5.41) is 10.4. The molecule has 0 spiro atoms. The van der Waals surface area contributed by atoms with Crippen molar-refractivity contribution in [3.63, 3.8) is 0 Å². The molecule has 0 radical (unpaired) electrons. The number of methoxy groups -OCH3 is 2. The molecular formula is C16H14ClF2N3O5S. The van der Waals surface area contributed by atoms with E-state index in [2.05, 4.69) is 19.7 Å². The van der Waals surface area contributed by atoms with Crippen LogP contribution in [0.1, 0.15) is 5.69 Å². The molecule has 2 atom stereocenters. The summed E-state index contributed by atoms with van der Waals surface area (Å²) in [7, 11) is 0.480. The van der Waals surface area contributed by atoms with E-state index in [-0.39, 0.29) is 27.9 Å². The van der Waals surface area contributed by atoms with Crippen LogP contribution in [0.15, 0.2) is 35.6 Å². The SMILES string of the molecule is COc1cnc(C(O)(Cl)S(=O)c2nc3ccc(OC(F)F)cc3[nH]2)cc1OC. The number of aliphatic hydroxyl groups is 1. The number of alkyl halides is 3. The minimum absolute atomic E-state index is 0.105. The Morgan fingerprint density at radius 1 is 1.25 bits per heavy atom. The van der Waals surface area contributed by atoms with Crippen LogP contribution < -0.4 is 14.2 Å². The van der Waals surface area contributed by atoms with E-state index in [1.165, 1.54) is 44.7 Å². The third-order valence-electron chi connectivity index (χ3n) is 3.67. The van der Waals surface area contributed by atoms with E-state index in [9.17, 15) is 18.1 Å². The van der Waals surface area contributed by atoms with Crippen LogP contribution >= 0.6 is 11.6 Å². The molecule has 12 heteroatoms.